The minimum absolute atomic E-state index is 0.207. The number of hydrogen-bond donors (Lipinski definition) is 0. The minimum atomic E-state index is 0.207. The number of aryl methyl sites for hydroxylation is 1. The Morgan fingerprint density at radius 3 is 2.62 bits per heavy atom. The van der Waals surface area contributed by atoms with Crippen molar-refractivity contribution in [2.75, 3.05) is 13.1 Å². The fourth-order valence-electron chi connectivity index (χ4n) is 2.81. The van der Waals surface area contributed by atoms with Crippen molar-refractivity contribution < 1.29 is 4.79 Å². The first-order valence-electron chi connectivity index (χ1n) is 7.33. The largest absolute Gasteiger partial charge is 0.343 e. The Labute approximate surface area is 123 Å². The van der Waals surface area contributed by atoms with E-state index in [1.807, 2.05) is 17.3 Å². The molecule has 0 atom stereocenters. The molecule has 1 aliphatic rings. The van der Waals surface area contributed by atoms with Crippen molar-refractivity contribution in [3.8, 4) is 0 Å². The van der Waals surface area contributed by atoms with E-state index in [-0.39, 0.29) is 5.91 Å². The van der Waals surface area contributed by atoms with Gasteiger partial charge in [-0.1, -0.05) is 0 Å². The lowest BCUT2D eigenvalue weighted by molar-refractivity contribution is -0.132. The molecule has 0 bridgehead atoms. The zero-order valence-corrected chi connectivity index (χ0v) is 11.9. The molecule has 6 heteroatoms. The van der Waals surface area contributed by atoms with Gasteiger partial charge in [0.05, 0.1) is 6.54 Å². The summed E-state index contributed by atoms with van der Waals surface area (Å²) in [6, 6.07) is 4.15. The first-order chi connectivity index (χ1) is 10.3. The highest BCUT2D eigenvalue weighted by molar-refractivity contribution is 5.76. The van der Waals surface area contributed by atoms with Crippen LogP contribution in [-0.2, 0) is 11.3 Å². The van der Waals surface area contributed by atoms with Crippen LogP contribution in [-0.4, -0.2) is 43.6 Å². The van der Waals surface area contributed by atoms with Crippen LogP contribution in [0.25, 0.3) is 0 Å². The third-order valence-electron chi connectivity index (χ3n) is 4.05. The van der Waals surface area contributed by atoms with Crippen molar-refractivity contribution in [2.24, 2.45) is 0 Å². The molecular formula is C15H19N5O. The number of piperidine rings is 1. The van der Waals surface area contributed by atoms with Gasteiger partial charge in [0.1, 0.15) is 12.7 Å². The summed E-state index contributed by atoms with van der Waals surface area (Å²) in [6.45, 7) is 2.27. The quantitative estimate of drug-likeness (QED) is 0.853. The number of carbonyl (C=O) groups is 1. The van der Waals surface area contributed by atoms with Crippen LogP contribution in [0.3, 0.4) is 0 Å². The molecule has 1 fully saturated rings. The van der Waals surface area contributed by atoms with Crippen LogP contribution >= 0.6 is 0 Å². The molecule has 1 saturated heterocycles. The van der Waals surface area contributed by atoms with Gasteiger partial charge in [-0.25, -0.2) is 4.98 Å². The van der Waals surface area contributed by atoms with Crippen LogP contribution in [0, 0.1) is 0 Å². The average Bonchev–Trinajstić information content (AvgIpc) is 3.07. The fourth-order valence-corrected chi connectivity index (χ4v) is 2.81. The zero-order valence-electron chi connectivity index (χ0n) is 11.9. The normalized spacial score (nSPS) is 16.1. The molecule has 0 saturated carbocycles. The molecule has 0 unspecified atom stereocenters. The summed E-state index contributed by atoms with van der Waals surface area (Å²) < 4.78 is 1.70. The number of nitrogens with zero attached hydrogens (tertiary/aromatic N) is 5. The molecule has 0 aromatic carbocycles. The zero-order chi connectivity index (χ0) is 14.5. The van der Waals surface area contributed by atoms with E-state index in [0.717, 1.165) is 25.9 Å². The van der Waals surface area contributed by atoms with Crippen LogP contribution in [0.15, 0.2) is 37.2 Å². The molecule has 1 aliphatic heterocycles. The van der Waals surface area contributed by atoms with Gasteiger partial charge in [-0.3, -0.25) is 14.5 Å². The fraction of sp³-hybridized carbons (Fsp3) is 0.467. The van der Waals surface area contributed by atoms with Gasteiger partial charge in [0.25, 0.3) is 0 Å². The van der Waals surface area contributed by atoms with Crippen LogP contribution in [0.5, 0.6) is 0 Å². The summed E-state index contributed by atoms with van der Waals surface area (Å²) >= 11 is 0. The first-order valence-corrected chi connectivity index (χ1v) is 7.33. The maximum absolute atomic E-state index is 12.2. The second kappa shape index (κ2) is 6.47. The first kappa shape index (κ1) is 13.7. The van der Waals surface area contributed by atoms with Crippen LogP contribution in [0.2, 0.25) is 0 Å². The van der Waals surface area contributed by atoms with E-state index in [0.29, 0.717) is 18.9 Å². The third-order valence-corrected chi connectivity index (χ3v) is 4.05. The number of rotatable bonds is 4. The van der Waals surface area contributed by atoms with Gasteiger partial charge in [0, 0.05) is 31.9 Å². The summed E-state index contributed by atoms with van der Waals surface area (Å²) in [5.41, 5.74) is 1.33. The summed E-state index contributed by atoms with van der Waals surface area (Å²) in [7, 11) is 0. The Hall–Kier alpha value is -2.24. The Morgan fingerprint density at radius 1 is 1.19 bits per heavy atom. The lowest BCUT2D eigenvalue weighted by atomic mass is 9.90. The van der Waals surface area contributed by atoms with Crippen LogP contribution in [0.4, 0.5) is 0 Å². The van der Waals surface area contributed by atoms with Crippen molar-refractivity contribution in [1.82, 2.24) is 24.6 Å². The van der Waals surface area contributed by atoms with Gasteiger partial charge in [-0.05, 0) is 36.5 Å². The van der Waals surface area contributed by atoms with Gasteiger partial charge in [0.15, 0.2) is 0 Å². The van der Waals surface area contributed by atoms with E-state index in [9.17, 15) is 4.79 Å². The summed E-state index contributed by atoms with van der Waals surface area (Å²) in [4.78, 5) is 22.1. The minimum Gasteiger partial charge on any atom is -0.343 e. The van der Waals surface area contributed by atoms with Gasteiger partial charge in [-0.15, -0.1) is 0 Å². The number of pyridine rings is 1. The third kappa shape index (κ3) is 3.45. The standard InChI is InChI=1S/C15H19N5O/c21-15(5-10-20-12-17-11-18-20)19-8-3-14(4-9-19)13-1-6-16-7-2-13/h1-2,6-7,11-12,14H,3-5,8-10H2. The van der Waals surface area contributed by atoms with E-state index in [4.69, 9.17) is 0 Å². The van der Waals surface area contributed by atoms with Gasteiger partial charge < -0.3 is 4.90 Å². The maximum Gasteiger partial charge on any atom is 0.224 e. The predicted molar refractivity (Wildman–Crippen MR) is 77.4 cm³/mol. The van der Waals surface area contributed by atoms with Crippen molar-refractivity contribution in [2.45, 2.75) is 31.7 Å². The SMILES string of the molecule is O=C(CCn1cncn1)N1CCC(c2ccncc2)CC1. The number of carbonyl (C=O) groups excluding carboxylic acids is 1. The highest BCUT2D eigenvalue weighted by Crippen LogP contribution is 2.27. The molecule has 2 aromatic rings. The summed E-state index contributed by atoms with van der Waals surface area (Å²) in [6.07, 6.45) is 9.35. The second-order valence-corrected chi connectivity index (χ2v) is 5.34. The molecule has 0 spiro atoms. The van der Waals surface area contributed by atoms with E-state index in [1.165, 1.54) is 11.9 Å². The highest BCUT2D eigenvalue weighted by atomic mass is 16.2. The molecule has 3 rings (SSSR count). The van der Waals surface area contributed by atoms with Crippen molar-refractivity contribution in [3.63, 3.8) is 0 Å². The molecule has 6 nitrogen and oxygen atoms in total. The Morgan fingerprint density at radius 2 is 1.95 bits per heavy atom. The summed E-state index contributed by atoms with van der Waals surface area (Å²) in [5.74, 6) is 0.756. The van der Waals surface area contributed by atoms with Crippen molar-refractivity contribution in [3.05, 3.63) is 42.7 Å². The van der Waals surface area contributed by atoms with Crippen LogP contribution < -0.4 is 0 Å². The summed E-state index contributed by atoms with van der Waals surface area (Å²) in [5, 5.41) is 4.01. The predicted octanol–water partition coefficient (Wildman–Crippen LogP) is 1.47. The Bertz CT molecular complexity index is 561. The van der Waals surface area contributed by atoms with E-state index >= 15 is 0 Å². The topological polar surface area (TPSA) is 63.9 Å². The van der Waals surface area contributed by atoms with Crippen molar-refractivity contribution >= 4 is 5.91 Å². The van der Waals surface area contributed by atoms with E-state index in [1.54, 1.807) is 11.0 Å². The number of hydrogen-bond acceptors (Lipinski definition) is 4. The van der Waals surface area contributed by atoms with Gasteiger partial charge in [-0.2, -0.15) is 5.10 Å². The Kier molecular flexibility index (Phi) is 4.23. The molecule has 21 heavy (non-hydrogen) atoms. The molecular weight excluding hydrogens is 266 g/mol. The monoisotopic (exact) mass is 285 g/mol. The molecule has 3 heterocycles. The van der Waals surface area contributed by atoms with Crippen LogP contribution in [0.1, 0.15) is 30.7 Å². The molecule has 1 amide bonds. The molecule has 110 valence electrons. The number of likely N-dealkylation sites (tertiary alicyclic amines) is 1. The highest BCUT2D eigenvalue weighted by Gasteiger charge is 2.23. The second-order valence-electron chi connectivity index (χ2n) is 5.34. The molecule has 0 radical (unpaired) electrons. The lowest BCUT2D eigenvalue weighted by Gasteiger charge is -2.32. The number of amides is 1. The molecule has 2 aromatic heterocycles. The smallest absolute Gasteiger partial charge is 0.224 e. The van der Waals surface area contributed by atoms with E-state index in [2.05, 4.69) is 27.2 Å². The van der Waals surface area contributed by atoms with E-state index < -0.39 is 0 Å². The van der Waals surface area contributed by atoms with Crippen molar-refractivity contribution in [1.29, 1.82) is 0 Å². The molecule has 0 N–H and O–H groups in total. The Balaban J connectivity index is 1.48. The maximum atomic E-state index is 12.2. The van der Waals surface area contributed by atoms with Gasteiger partial charge >= 0.3 is 0 Å². The van der Waals surface area contributed by atoms with Gasteiger partial charge in [0.2, 0.25) is 5.91 Å². The number of aromatic nitrogens is 4. The lowest BCUT2D eigenvalue weighted by Crippen LogP contribution is -2.38. The molecule has 0 aliphatic carbocycles. The average molecular weight is 285 g/mol.